The van der Waals surface area contributed by atoms with Crippen LogP contribution in [0, 0.1) is 0 Å². The molecule has 1 atom stereocenters. The average molecular weight is 393 g/mol. The highest BCUT2D eigenvalue weighted by Gasteiger charge is 2.23. The van der Waals surface area contributed by atoms with Gasteiger partial charge in [0.25, 0.3) is 0 Å². The van der Waals surface area contributed by atoms with Crippen molar-refractivity contribution in [2.75, 3.05) is 19.6 Å². The number of fused-ring (bicyclic) bond motifs is 1. The number of thiophene rings is 1. The second-order valence-corrected chi connectivity index (χ2v) is 8.58. The number of amides is 1. The van der Waals surface area contributed by atoms with Gasteiger partial charge in [0.15, 0.2) is 0 Å². The first-order chi connectivity index (χ1) is 13.8. The van der Waals surface area contributed by atoms with Gasteiger partial charge >= 0.3 is 0 Å². The van der Waals surface area contributed by atoms with E-state index in [0.29, 0.717) is 13.0 Å². The molecule has 1 amide bonds. The van der Waals surface area contributed by atoms with Crippen LogP contribution in [0.3, 0.4) is 0 Å². The first-order valence-corrected chi connectivity index (χ1v) is 11.2. The lowest BCUT2D eigenvalue weighted by Gasteiger charge is -2.30. The smallest absolute Gasteiger partial charge is 0.224 e. The fraction of sp³-hybridized carbons (Fsp3) is 0.375. The molecule has 1 aliphatic rings. The molecule has 4 heteroatoms. The van der Waals surface area contributed by atoms with Crippen molar-refractivity contribution in [3.05, 3.63) is 70.4 Å². The summed E-state index contributed by atoms with van der Waals surface area (Å²) < 4.78 is 0. The number of nitrogens with one attached hydrogen (secondary N) is 1. The van der Waals surface area contributed by atoms with Crippen molar-refractivity contribution in [1.82, 2.24) is 10.2 Å². The normalized spacial score (nSPS) is 16.6. The van der Waals surface area contributed by atoms with Crippen LogP contribution in [-0.2, 0) is 11.2 Å². The van der Waals surface area contributed by atoms with Crippen molar-refractivity contribution in [2.45, 2.75) is 38.1 Å². The van der Waals surface area contributed by atoms with E-state index >= 15 is 0 Å². The van der Waals surface area contributed by atoms with Gasteiger partial charge < -0.3 is 5.32 Å². The Bertz CT molecular complexity index is 893. The van der Waals surface area contributed by atoms with E-state index in [4.69, 9.17) is 0 Å². The van der Waals surface area contributed by atoms with Crippen LogP contribution < -0.4 is 5.32 Å². The minimum absolute atomic E-state index is 0.104. The second-order valence-electron chi connectivity index (χ2n) is 7.60. The lowest BCUT2D eigenvalue weighted by Crippen LogP contribution is -2.38. The summed E-state index contributed by atoms with van der Waals surface area (Å²) in [5.74, 6) is 0.104. The molecule has 0 spiro atoms. The lowest BCUT2D eigenvalue weighted by atomic mass is 10.0. The zero-order valence-corrected chi connectivity index (χ0v) is 17.1. The topological polar surface area (TPSA) is 32.3 Å². The third-order valence-electron chi connectivity index (χ3n) is 5.68. The van der Waals surface area contributed by atoms with Gasteiger partial charge in [0.1, 0.15) is 0 Å². The van der Waals surface area contributed by atoms with E-state index in [1.54, 1.807) is 11.3 Å². The van der Waals surface area contributed by atoms with E-state index in [1.165, 1.54) is 41.3 Å². The van der Waals surface area contributed by atoms with Crippen LogP contribution in [0.2, 0.25) is 0 Å². The van der Waals surface area contributed by atoms with Crippen molar-refractivity contribution < 1.29 is 4.79 Å². The largest absolute Gasteiger partial charge is 0.354 e. The van der Waals surface area contributed by atoms with E-state index < -0.39 is 0 Å². The molecule has 2 aromatic carbocycles. The Morgan fingerprint density at radius 2 is 1.75 bits per heavy atom. The first-order valence-electron chi connectivity index (χ1n) is 10.3. The third kappa shape index (κ3) is 4.62. The summed E-state index contributed by atoms with van der Waals surface area (Å²) in [5.41, 5.74) is 1.10. The molecule has 0 unspecified atom stereocenters. The van der Waals surface area contributed by atoms with Gasteiger partial charge in [-0.15, -0.1) is 11.3 Å². The molecule has 1 saturated heterocycles. The minimum Gasteiger partial charge on any atom is -0.354 e. The third-order valence-corrected chi connectivity index (χ3v) is 6.65. The van der Waals surface area contributed by atoms with Crippen LogP contribution in [0.4, 0.5) is 0 Å². The van der Waals surface area contributed by atoms with E-state index in [-0.39, 0.29) is 11.9 Å². The molecule has 1 aromatic heterocycles. The van der Waals surface area contributed by atoms with E-state index in [9.17, 15) is 4.79 Å². The summed E-state index contributed by atoms with van der Waals surface area (Å²) in [6.07, 6.45) is 5.58. The molecule has 4 rings (SSSR count). The maximum atomic E-state index is 12.8. The standard InChI is InChI=1S/C24H28N2OS/c27-24(17-20-11-7-10-19-9-3-4-12-21(19)20)25-18-22(23-13-8-16-28-23)26-14-5-1-2-6-15-26/h3-4,7-13,16,22H,1-2,5-6,14-15,17-18H2,(H,25,27)/t22-/m0/s1. The number of likely N-dealkylation sites (tertiary alicyclic amines) is 1. The van der Waals surface area contributed by atoms with Crippen molar-refractivity contribution in [2.24, 2.45) is 0 Å². The van der Waals surface area contributed by atoms with Gasteiger partial charge in [-0.3, -0.25) is 9.69 Å². The van der Waals surface area contributed by atoms with Crippen molar-refractivity contribution in [3.63, 3.8) is 0 Å². The highest BCUT2D eigenvalue weighted by molar-refractivity contribution is 7.10. The molecule has 0 aliphatic carbocycles. The molecule has 28 heavy (non-hydrogen) atoms. The predicted molar refractivity (Wildman–Crippen MR) is 118 cm³/mol. The van der Waals surface area contributed by atoms with Crippen LogP contribution >= 0.6 is 11.3 Å². The fourth-order valence-electron chi connectivity index (χ4n) is 4.19. The van der Waals surface area contributed by atoms with Crippen molar-refractivity contribution >= 4 is 28.0 Å². The average Bonchev–Trinajstić information content (AvgIpc) is 3.11. The molecule has 0 radical (unpaired) electrons. The summed E-state index contributed by atoms with van der Waals surface area (Å²) in [4.78, 5) is 16.7. The van der Waals surface area contributed by atoms with Gasteiger partial charge in [-0.1, -0.05) is 61.4 Å². The molecular weight excluding hydrogens is 364 g/mol. The molecule has 1 fully saturated rings. The Hall–Kier alpha value is -2.17. The highest BCUT2D eigenvalue weighted by Crippen LogP contribution is 2.27. The molecule has 0 saturated carbocycles. The molecular formula is C24H28N2OS. The Morgan fingerprint density at radius 3 is 2.54 bits per heavy atom. The zero-order valence-electron chi connectivity index (χ0n) is 16.3. The van der Waals surface area contributed by atoms with Gasteiger partial charge in [-0.25, -0.2) is 0 Å². The minimum atomic E-state index is 0.104. The number of hydrogen-bond donors (Lipinski definition) is 1. The highest BCUT2D eigenvalue weighted by atomic mass is 32.1. The lowest BCUT2D eigenvalue weighted by molar-refractivity contribution is -0.120. The van der Waals surface area contributed by atoms with E-state index in [0.717, 1.165) is 18.7 Å². The van der Waals surface area contributed by atoms with Crippen molar-refractivity contribution in [3.8, 4) is 0 Å². The summed E-state index contributed by atoms with van der Waals surface area (Å²) in [7, 11) is 0. The Kier molecular flexibility index (Phi) is 6.40. The molecule has 1 aliphatic heterocycles. The molecule has 0 bridgehead atoms. The molecule has 146 valence electrons. The molecule has 2 heterocycles. The number of carbonyl (C=O) groups excluding carboxylic acids is 1. The van der Waals surface area contributed by atoms with Gasteiger partial charge in [0.05, 0.1) is 12.5 Å². The predicted octanol–water partition coefficient (Wildman–Crippen LogP) is 5.18. The summed E-state index contributed by atoms with van der Waals surface area (Å²) in [5, 5.41) is 7.72. The van der Waals surface area contributed by atoms with Crippen LogP contribution in [0.5, 0.6) is 0 Å². The quantitative estimate of drug-likeness (QED) is 0.627. The zero-order chi connectivity index (χ0) is 19.2. The second kappa shape index (κ2) is 9.35. The fourth-order valence-corrected chi connectivity index (χ4v) is 5.05. The number of benzene rings is 2. The van der Waals surface area contributed by atoms with E-state index in [1.807, 2.05) is 18.2 Å². The SMILES string of the molecule is O=C(Cc1cccc2ccccc12)NC[C@@H](c1cccs1)N1CCCCCC1. The van der Waals surface area contributed by atoms with Crippen LogP contribution in [0.25, 0.3) is 10.8 Å². The van der Waals surface area contributed by atoms with Crippen LogP contribution in [0.1, 0.15) is 42.2 Å². The molecule has 1 N–H and O–H groups in total. The Morgan fingerprint density at radius 1 is 0.964 bits per heavy atom. The Balaban J connectivity index is 1.44. The summed E-state index contributed by atoms with van der Waals surface area (Å²) in [6, 6.07) is 19.1. The van der Waals surface area contributed by atoms with Crippen molar-refractivity contribution in [1.29, 1.82) is 0 Å². The van der Waals surface area contributed by atoms with Gasteiger partial charge in [0.2, 0.25) is 5.91 Å². The summed E-state index contributed by atoms with van der Waals surface area (Å²) >= 11 is 1.80. The number of carbonyl (C=O) groups is 1. The van der Waals surface area contributed by atoms with Crippen LogP contribution in [-0.4, -0.2) is 30.4 Å². The number of rotatable bonds is 6. The summed E-state index contributed by atoms with van der Waals surface area (Å²) in [6.45, 7) is 2.94. The monoisotopic (exact) mass is 392 g/mol. The molecule has 3 nitrogen and oxygen atoms in total. The first kappa shape index (κ1) is 19.2. The number of nitrogens with zero attached hydrogens (tertiary/aromatic N) is 1. The maximum absolute atomic E-state index is 12.8. The van der Waals surface area contributed by atoms with Gasteiger partial charge in [-0.2, -0.15) is 0 Å². The van der Waals surface area contributed by atoms with E-state index in [2.05, 4.69) is 52.0 Å². The number of hydrogen-bond acceptors (Lipinski definition) is 3. The van der Waals surface area contributed by atoms with Gasteiger partial charge in [-0.05, 0) is 53.7 Å². The Labute approximate surface area is 171 Å². The van der Waals surface area contributed by atoms with Crippen LogP contribution in [0.15, 0.2) is 60.0 Å². The van der Waals surface area contributed by atoms with Gasteiger partial charge in [0, 0.05) is 11.4 Å². The molecule has 3 aromatic rings. The maximum Gasteiger partial charge on any atom is 0.224 e.